The summed E-state index contributed by atoms with van der Waals surface area (Å²) in [5.74, 6) is -0.173. The zero-order chi connectivity index (χ0) is 67.4. The second-order valence-corrected chi connectivity index (χ2v) is 32.1. The maximum atomic E-state index is 11.2. The van der Waals surface area contributed by atoms with Crippen molar-refractivity contribution in [3.05, 3.63) is 75.7 Å². The van der Waals surface area contributed by atoms with Gasteiger partial charge in [-0.25, -0.2) is 32.5 Å². The van der Waals surface area contributed by atoms with E-state index in [1.807, 2.05) is 109 Å². The first-order valence-electron chi connectivity index (χ1n) is 26.8. The number of nitrogens with one attached hydrogen (secondary N) is 9. The molecule has 0 bridgehead atoms. The highest BCUT2D eigenvalue weighted by atomic mass is 32.2. The molecule has 3 amide bonds. The van der Waals surface area contributed by atoms with Gasteiger partial charge in [-0.2, -0.15) is 40.1 Å². The van der Waals surface area contributed by atoms with Crippen LogP contribution in [-0.2, 0) is 68.3 Å². The lowest BCUT2D eigenvalue weighted by atomic mass is 9.93. The number of aromatic hydroxyl groups is 2. The minimum Gasteiger partial charge on any atom is -0.493 e. The molecule has 3 aliphatic heterocycles. The molecule has 490 valence electrons. The predicted octanol–water partition coefficient (Wildman–Crippen LogP) is 3.89. The molecule has 5 aromatic rings. The van der Waals surface area contributed by atoms with Crippen LogP contribution < -0.4 is 41.2 Å². The molecule has 8 heterocycles. The van der Waals surface area contributed by atoms with Crippen molar-refractivity contribution in [3.8, 4) is 11.8 Å². The number of aromatic amines is 5. The molecule has 0 aliphatic carbocycles. The van der Waals surface area contributed by atoms with Gasteiger partial charge in [0.05, 0.1) is 29.1 Å². The average molecular weight is 1310 g/mol. The van der Waals surface area contributed by atoms with Crippen LogP contribution in [0.15, 0.2) is 37.6 Å². The molecule has 3 aliphatic rings. The molecule has 4 unspecified atom stereocenters. The van der Waals surface area contributed by atoms with Gasteiger partial charge in [0.15, 0.2) is 11.0 Å². The maximum absolute atomic E-state index is 11.2. The molecule has 0 radical (unpaired) electrons. The molecule has 0 aromatic carbocycles. The van der Waals surface area contributed by atoms with Gasteiger partial charge in [0.2, 0.25) is 5.88 Å². The first-order valence-corrected chi connectivity index (χ1v) is 32.4. The standard InChI is InChI=1S/C7H12N2O2.C7H11NOS.2C6H11N3O.2C6H12N2O3S.C6H12N2O2S.C6H10N2OS/c1-7(2,3)4-5(10)9-6(11)8-4;1-7(2,3)5-4-6(9)8-10-5;1-6(2,3)9-4-5(10)7-8-9;1-6(2,3)9-7-4-5(10)8-9;1-4(2)8-5(3)6(9)7-12(8,10)11;1-4(2)8-6(9)5(3)7-12(8,10)11;1-6(2,3)4-7-5(9)11(10)8-4;1-6(2,3)4-7-5(9)10-8-4/h10H,1-3H3,(H2,8,9,11);4H,1-3H3,(H,8,9);4,10H,1-3H3;4H,1-3H3,(H,8,10);4-5H,1-3H3,(H,7,9);4-5,7H,1-3H3;4,8H,1-3H3,(H,7,9);1-3H3,(H,7,8,9). The van der Waals surface area contributed by atoms with E-state index < -0.39 is 54.6 Å². The van der Waals surface area contributed by atoms with Crippen LogP contribution in [0, 0.1) is 5.41 Å². The van der Waals surface area contributed by atoms with E-state index in [0.717, 1.165) is 30.8 Å². The highest BCUT2D eigenvalue weighted by molar-refractivity contribution is 7.98. The molecule has 8 rings (SSSR count). The minimum atomic E-state index is -3.55. The number of rotatable bonds is 2. The number of hydrogen-bond donors (Lipinski definition) is 11. The van der Waals surface area contributed by atoms with E-state index in [1.165, 1.54) is 35.6 Å². The topological polar surface area (TPSA) is 440 Å². The molecule has 3 saturated heterocycles. The summed E-state index contributed by atoms with van der Waals surface area (Å²) in [6.07, 6.45) is 2.58. The fourth-order valence-electron chi connectivity index (χ4n) is 6.56. The van der Waals surface area contributed by atoms with Crippen LogP contribution >= 0.6 is 23.1 Å². The number of carbonyl (C=O) groups excluding carboxylic acids is 3. The van der Waals surface area contributed by atoms with Crippen LogP contribution in [-0.4, -0.2) is 141 Å². The summed E-state index contributed by atoms with van der Waals surface area (Å²) in [6, 6.07) is -0.0682. The summed E-state index contributed by atoms with van der Waals surface area (Å²) < 4.78 is 72.8. The zero-order valence-corrected chi connectivity index (χ0v) is 57.6. The first-order chi connectivity index (χ1) is 38.5. The summed E-state index contributed by atoms with van der Waals surface area (Å²) >= 11 is 2.39. The smallest absolute Gasteiger partial charge is 0.325 e. The Bertz CT molecular complexity index is 3340. The number of imidazole rings is 1. The maximum Gasteiger partial charge on any atom is 0.325 e. The number of carbonyl (C=O) groups is 3. The Balaban J connectivity index is 0.000000492. The van der Waals surface area contributed by atoms with E-state index in [4.69, 9.17) is 5.11 Å². The first kappa shape index (κ1) is 77.8. The quantitative estimate of drug-likeness (QED) is 0.119. The third-order valence-electron chi connectivity index (χ3n) is 11.1. The van der Waals surface area contributed by atoms with E-state index in [2.05, 4.69) is 79.7 Å². The van der Waals surface area contributed by atoms with Crippen molar-refractivity contribution >= 4 is 71.5 Å². The van der Waals surface area contributed by atoms with Crippen molar-refractivity contribution in [3.63, 3.8) is 0 Å². The van der Waals surface area contributed by atoms with Crippen molar-refractivity contribution < 1.29 is 45.6 Å². The highest BCUT2D eigenvalue weighted by Crippen LogP contribution is 2.26. The van der Waals surface area contributed by atoms with Gasteiger partial charge in [0, 0.05) is 45.4 Å². The van der Waals surface area contributed by atoms with Crippen LogP contribution in [0.1, 0.15) is 183 Å². The molecule has 11 N–H and O–H groups in total. The van der Waals surface area contributed by atoms with Gasteiger partial charge in [0.1, 0.15) is 24.1 Å². The predicted molar refractivity (Wildman–Crippen MR) is 331 cm³/mol. The van der Waals surface area contributed by atoms with Crippen LogP contribution in [0.3, 0.4) is 0 Å². The van der Waals surface area contributed by atoms with Crippen molar-refractivity contribution in [2.24, 2.45) is 5.41 Å². The van der Waals surface area contributed by atoms with Crippen LogP contribution in [0.25, 0.3) is 0 Å². The number of aromatic nitrogens is 11. The second-order valence-electron chi connectivity index (χ2n) is 26.2. The van der Waals surface area contributed by atoms with E-state index in [0.29, 0.717) is 5.69 Å². The van der Waals surface area contributed by atoms with Crippen molar-refractivity contribution in [1.82, 2.24) is 81.8 Å². The fraction of sp³-hybridized carbons (Fsp3) is 0.700. The van der Waals surface area contributed by atoms with Crippen LogP contribution in [0.5, 0.6) is 11.8 Å². The van der Waals surface area contributed by atoms with Crippen molar-refractivity contribution in [1.29, 1.82) is 0 Å². The van der Waals surface area contributed by atoms with Gasteiger partial charge < -0.3 is 20.5 Å². The summed E-state index contributed by atoms with van der Waals surface area (Å²) in [6.45, 7) is 45.7. The van der Waals surface area contributed by atoms with Gasteiger partial charge >= 0.3 is 36.2 Å². The monoisotopic (exact) mass is 1310 g/mol. The van der Waals surface area contributed by atoms with E-state index in [1.54, 1.807) is 45.4 Å². The summed E-state index contributed by atoms with van der Waals surface area (Å²) in [5.41, 5.74) is -0.482. The average Bonchev–Trinajstić information content (AvgIpc) is 2.82. The lowest BCUT2D eigenvalue weighted by molar-refractivity contribution is -0.127. The SMILES string of the molecule is CC(C)(C)C1NC(=O)S(=O)N1.CC(C)(C)c1[nH]c(=O)[nH]c1O.CC(C)(C)c1cc(=O)[nH]s1.CC(C)(C)c1nsc(=O)[nH]1.CC(C)(C)n1cc(O)nn1.CC(C)(C)n1ncc(=O)[nH]1.CC(C)N1C(C)C(=O)NS1(=O)=O.CC1NS(=O)(=O)N(C(C)C)C1=O. The van der Waals surface area contributed by atoms with Gasteiger partial charge in [0.25, 0.3) is 28.8 Å². The van der Waals surface area contributed by atoms with E-state index in [-0.39, 0.29) is 90.3 Å². The van der Waals surface area contributed by atoms with Gasteiger partial charge in [-0.15, -0.1) is 0 Å². The van der Waals surface area contributed by atoms with Crippen LogP contribution in [0.4, 0.5) is 4.79 Å². The third kappa shape index (κ3) is 24.9. The van der Waals surface area contributed by atoms with Gasteiger partial charge in [-0.1, -0.05) is 105 Å². The van der Waals surface area contributed by atoms with Crippen molar-refractivity contribution in [2.75, 3.05) is 0 Å². The molecule has 4 atom stereocenters. The van der Waals surface area contributed by atoms with E-state index in [9.17, 15) is 59.7 Å². The lowest BCUT2D eigenvalue weighted by Crippen LogP contribution is -2.43. The zero-order valence-electron chi connectivity index (χ0n) is 53.5. The third-order valence-corrected chi connectivity index (χ3v) is 17.3. The molecule has 31 nitrogen and oxygen atoms in total. The Morgan fingerprint density at radius 2 is 1.27 bits per heavy atom. The number of H-pyrrole nitrogens is 5. The normalized spacial score (nSPS) is 19.2. The van der Waals surface area contributed by atoms with Gasteiger partial charge in [-0.3, -0.25) is 43.1 Å². The Labute approximate surface area is 513 Å². The Morgan fingerprint density at radius 3 is 1.45 bits per heavy atom. The molecule has 86 heavy (non-hydrogen) atoms. The second kappa shape index (κ2) is 30.2. The number of hydrogen-bond acceptors (Lipinski definition) is 20. The lowest BCUT2D eigenvalue weighted by Gasteiger charge is -2.25. The van der Waals surface area contributed by atoms with Crippen molar-refractivity contribution in [2.45, 2.75) is 224 Å². The number of nitrogens with zero attached hydrogens (tertiary/aromatic N) is 8. The molecular formula is C50H91N17O14S5. The molecule has 3 fully saturated rings. The summed E-state index contributed by atoms with van der Waals surface area (Å²) in [5, 5.41) is 33.7. The Kier molecular flexibility index (Phi) is 27.3. The molecule has 0 saturated carbocycles. The molecule has 36 heteroatoms. The Hall–Kier alpha value is -6.18. The minimum absolute atomic E-state index is 0.00919. The molecule has 0 spiro atoms. The van der Waals surface area contributed by atoms with Gasteiger partial charge in [-0.05, 0) is 93.9 Å². The number of amides is 3. The fourth-order valence-corrected chi connectivity index (χ4v) is 12.1. The highest BCUT2D eigenvalue weighted by Gasteiger charge is 2.43. The summed E-state index contributed by atoms with van der Waals surface area (Å²) in [7, 11) is -8.65. The summed E-state index contributed by atoms with van der Waals surface area (Å²) in [4.78, 5) is 85.6. The molecule has 5 aromatic heterocycles. The van der Waals surface area contributed by atoms with Crippen LogP contribution in [0.2, 0.25) is 0 Å². The largest absolute Gasteiger partial charge is 0.493 e. The Morgan fingerprint density at radius 1 is 0.709 bits per heavy atom. The molecular weight excluding hydrogens is 1220 g/mol. The van der Waals surface area contributed by atoms with E-state index >= 15 is 0 Å².